The van der Waals surface area contributed by atoms with Gasteiger partial charge in [0, 0.05) is 38.6 Å². The first kappa shape index (κ1) is 20.8. The minimum atomic E-state index is -0.0535. The molecule has 1 aromatic carbocycles. The van der Waals surface area contributed by atoms with E-state index in [2.05, 4.69) is 17.2 Å². The number of carbonyl (C=O) groups is 2. The number of rotatable bonds is 7. The summed E-state index contributed by atoms with van der Waals surface area (Å²) in [6.45, 7) is 5.26. The number of carbonyl (C=O) groups excluding carboxylic acids is 2. The third-order valence-electron chi connectivity index (χ3n) is 4.61. The molecule has 0 atom stereocenters. The van der Waals surface area contributed by atoms with Gasteiger partial charge in [-0.25, -0.2) is 4.99 Å². The molecular weight excluding hydrogens is 384 g/mol. The summed E-state index contributed by atoms with van der Waals surface area (Å²) in [6, 6.07) is 9.88. The Morgan fingerprint density at radius 1 is 1.21 bits per heavy atom. The first-order valence-corrected chi connectivity index (χ1v) is 10.6. The van der Waals surface area contributed by atoms with Crippen molar-refractivity contribution in [2.75, 3.05) is 6.54 Å². The van der Waals surface area contributed by atoms with E-state index >= 15 is 0 Å². The van der Waals surface area contributed by atoms with Crippen molar-refractivity contribution < 1.29 is 9.59 Å². The Hall–Kier alpha value is -2.93. The van der Waals surface area contributed by atoms with Gasteiger partial charge >= 0.3 is 0 Å². The van der Waals surface area contributed by atoms with Crippen LogP contribution in [0.5, 0.6) is 0 Å². The third-order valence-corrected chi connectivity index (χ3v) is 5.46. The van der Waals surface area contributed by atoms with Gasteiger partial charge in [-0.15, -0.1) is 11.3 Å². The summed E-state index contributed by atoms with van der Waals surface area (Å²) in [5.41, 5.74) is 9.61. The van der Waals surface area contributed by atoms with Crippen molar-refractivity contribution in [3.8, 4) is 0 Å². The molecule has 0 radical (unpaired) electrons. The number of fused-ring (bicyclic) bond motifs is 1. The summed E-state index contributed by atoms with van der Waals surface area (Å²) in [7, 11) is 0. The number of nitrogens with one attached hydrogen (secondary N) is 1. The summed E-state index contributed by atoms with van der Waals surface area (Å²) < 4.78 is 0. The van der Waals surface area contributed by atoms with Gasteiger partial charge < -0.3 is 16.0 Å². The van der Waals surface area contributed by atoms with Crippen molar-refractivity contribution in [3.63, 3.8) is 0 Å². The minimum absolute atomic E-state index is 0.00595. The van der Waals surface area contributed by atoms with Crippen LogP contribution in [-0.2, 0) is 22.7 Å². The van der Waals surface area contributed by atoms with E-state index < -0.39 is 0 Å². The van der Waals surface area contributed by atoms with Crippen LogP contribution in [0.2, 0.25) is 0 Å². The van der Waals surface area contributed by atoms with Gasteiger partial charge in [-0.1, -0.05) is 31.2 Å². The standard InChI is InChI=1S/C22H26N4O2S/c1-3-9-26(14-17-6-4-16(5-7-17)13-24-15(2)27)22(28)18-11-20-19(8-10-29-20)25-21(23)12-18/h4-8,10-11H,3,9,12-14H2,1-2H3,(H2,23,25)(H,24,27). The average Bonchev–Trinajstić information content (AvgIpc) is 3.05. The van der Waals surface area contributed by atoms with Gasteiger partial charge in [0.25, 0.3) is 5.91 Å². The average molecular weight is 411 g/mol. The summed E-state index contributed by atoms with van der Waals surface area (Å²) in [5.74, 6) is 0.399. The molecule has 0 aliphatic carbocycles. The number of benzene rings is 1. The van der Waals surface area contributed by atoms with Crippen LogP contribution in [0.1, 0.15) is 42.7 Å². The van der Waals surface area contributed by atoms with Crippen molar-refractivity contribution >= 4 is 40.8 Å². The van der Waals surface area contributed by atoms with E-state index in [1.54, 1.807) is 11.3 Å². The van der Waals surface area contributed by atoms with Crippen molar-refractivity contribution in [1.82, 2.24) is 10.2 Å². The molecule has 2 heterocycles. The van der Waals surface area contributed by atoms with Crippen LogP contribution < -0.4 is 11.1 Å². The van der Waals surface area contributed by atoms with Crippen LogP contribution in [-0.4, -0.2) is 29.1 Å². The SMILES string of the molecule is CCCN(Cc1ccc(CNC(C)=O)cc1)C(=O)C1=Cc2sccc2N=C(N)C1. The van der Waals surface area contributed by atoms with E-state index in [-0.39, 0.29) is 11.8 Å². The molecule has 0 saturated carbocycles. The fourth-order valence-electron chi connectivity index (χ4n) is 3.19. The van der Waals surface area contributed by atoms with Gasteiger partial charge in [0.1, 0.15) is 5.84 Å². The molecule has 0 unspecified atom stereocenters. The van der Waals surface area contributed by atoms with Crippen LogP contribution in [0.4, 0.5) is 5.69 Å². The largest absolute Gasteiger partial charge is 0.387 e. The zero-order valence-corrected chi connectivity index (χ0v) is 17.6. The smallest absolute Gasteiger partial charge is 0.250 e. The molecule has 3 N–H and O–H groups in total. The summed E-state index contributed by atoms with van der Waals surface area (Å²) in [6.07, 6.45) is 3.15. The second-order valence-corrected chi connectivity index (χ2v) is 8.02. The lowest BCUT2D eigenvalue weighted by molar-refractivity contribution is -0.127. The number of amidine groups is 1. The fraction of sp³-hybridized carbons (Fsp3) is 0.318. The molecule has 0 saturated heterocycles. The number of hydrogen-bond acceptors (Lipinski definition) is 5. The molecule has 152 valence electrons. The highest BCUT2D eigenvalue weighted by Crippen LogP contribution is 2.31. The molecule has 6 nitrogen and oxygen atoms in total. The molecule has 1 aliphatic heterocycles. The molecule has 2 amide bonds. The fourth-order valence-corrected chi connectivity index (χ4v) is 3.97. The molecular formula is C22H26N4O2S. The van der Waals surface area contributed by atoms with E-state index in [1.807, 2.05) is 46.7 Å². The first-order valence-electron chi connectivity index (χ1n) is 9.69. The van der Waals surface area contributed by atoms with Gasteiger partial charge in [-0.05, 0) is 35.1 Å². The predicted octanol–water partition coefficient (Wildman–Crippen LogP) is 3.60. The van der Waals surface area contributed by atoms with E-state index in [4.69, 9.17) is 5.73 Å². The molecule has 3 rings (SSSR count). The maximum Gasteiger partial charge on any atom is 0.250 e. The molecule has 0 spiro atoms. The molecule has 1 aliphatic rings. The molecule has 0 bridgehead atoms. The maximum absolute atomic E-state index is 13.3. The van der Waals surface area contributed by atoms with Crippen LogP contribution in [0, 0.1) is 0 Å². The van der Waals surface area contributed by atoms with Gasteiger partial charge in [0.15, 0.2) is 0 Å². The number of nitrogens with two attached hydrogens (primary N) is 1. The highest BCUT2D eigenvalue weighted by Gasteiger charge is 2.21. The minimum Gasteiger partial charge on any atom is -0.387 e. The molecule has 29 heavy (non-hydrogen) atoms. The second-order valence-electron chi connectivity index (χ2n) is 7.07. The first-order chi connectivity index (χ1) is 14.0. The Balaban J connectivity index is 1.75. The highest BCUT2D eigenvalue weighted by atomic mass is 32.1. The van der Waals surface area contributed by atoms with Crippen LogP contribution in [0.3, 0.4) is 0 Å². The number of hydrogen-bond donors (Lipinski definition) is 2. The van der Waals surface area contributed by atoms with E-state index in [9.17, 15) is 9.59 Å². The van der Waals surface area contributed by atoms with Crippen molar-refractivity contribution in [3.05, 3.63) is 57.3 Å². The van der Waals surface area contributed by atoms with Crippen molar-refractivity contribution in [2.45, 2.75) is 39.8 Å². The van der Waals surface area contributed by atoms with Crippen LogP contribution >= 0.6 is 11.3 Å². The normalized spacial score (nSPS) is 13.0. The van der Waals surface area contributed by atoms with Gasteiger partial charge in [-0.3, -0.25) is 9.59 Å². The molecule has 2 aromatic rings. The van der Waals surface area contributed by atoms with E-state index in [0.29, 0.717) is 37.5 Å². The highest BCUT2D eigenvalue weighted by molar-refractivity contribution is 7.11. The molecule has 7 heteroatoms. The molecule has 1 aromatic heterocycles. The number of amides is 2. The lowest BCUT2D eigenvalue weighted by atomic mass is 10.1. The third kappa shape index (κ3) is 5.54. The summed E-state index contributed by atoms with van der Waals surface area (Å²) in [5, 5.41) is 4.74. The zero-order valence-electron chi connectivity index (χ0n) is 16.8. The lowest BCUT2D eigenvalue weighted by Gasteiger charge is -2.23. The number of nitrogens with zero attached hydrogens (tertiary/aromatic N) is 2. The molecule has 0 fully saturated rings. The van der Waals surface area contributed by atoms with Crippen LogP contribution in [0.15, 0.2) is 46.3 Å². The van der Waals surface area contributed by atoms with E-state index in [0.717, 1.165) is 28.1 Å². The lowest BCUT2D eigenvalue weighted by Crippen LogP contribution is -2.33. The second kappa shape index (κ2) is 9.52. The predicted molar refractivity (Wildman–Crippen MR) is 118 cm³/mol. The Kier molecular flexibility index (Phi) is 6.82. The quantitative estimate of drug-likeness (QED) is 0.731. The van der Waals surface area contributed by atoms with E-state index in [1.165, 1.54) is 6.92 Å². The summed E-state index contributed by atoms with van der Waals surface area (Å²) in [4.78, 5) is 31.6. The zero-order chi connectivity index (χ0) is 20.8. The Morgan fingerprint density at radius 2 is 1.93 bits per heavy atom. The Bertz CT molecular complexity index is 944. The Morgan fingerprint density at radius 3 is 2.62 bits per heavy atom. The Labute approximate surface area is 175 Å². The van der Waals surface area contributed by atoms with Gasteiger partial charge in [0.2, 0.25) is 5.91 Å². The van der Waals surface area contributed by atoms with Crippen molar-refractivity contribution in [2.24, 2.45) is 10.7 Å². The monoisotopic (exact) mass is 410 g/mol. The maximum atomic E-state index is 13.3. The number of aliphatic imine (C=N–C) groups is 1. The van der Waals surface area contributed by atoms with Crippen LogP contribution in [0.25, 0.3) is 6.08 Å². The summed E-state index contributed by atoms with van der Waals surface area (Å²) >= 11 is 1.56. The number of thiophene rings is 1. The van der Waals surface area contributed by atoms with Gasteiger partial charge in [-0.2, -0.15) is 0 Å². The van der Waals surface area contributed by atoms with Gasteiger partial charge in [0.05, 0.1) is 10.6 Å². The topological polar surface area (TPSA) is 87.8 Å². The van der Waals surface area contributed by atoms with Crippen molar-refractivity contribution in [1.29, 1.82) is 0 Å².